The highest BCUT2D eigenvalue weighted by molar-refractivity contribution is 6.31. The van der Waals surface area contributed by atoms with Gasteiger partial charge in [0.2, 0.25) is 0 Å². The molecule has 0 amide bonds. The van der Waals surface area contributed by atoms with Crippen molar-refractivity contribution >= 4 is 23.3 Å². The van der Waals surface area contributed by atoms with Crippen LogP contribution in [0.2, 0.25) is 5.02 Å². The predicted octanol–water partition coefficient (Wildman–Crippen LogP) is 5.47. The number of aromatic carboxylic acids is 1. The van der Waals surface area contributed by atoms with Crippen molar-refractivity contribution in [2.75, 3.05) is 5.32 Å². The van der Waals surface area contributed by atoms with Gasteiger partial charge in [0.1, 0.15) is 5.82 Å². The smallest absolute Gasteiger partial charge is 0.335 e. The number of benzene rings is 2. The Labute approximate surface area is 156 Å². The van der Waals surface area contributed by atoms with Crippen molar-refractivity contribution in [3.05, 3.63) is 63.9 Å². The van der Waals surface area contributed by atoms with E-state index < -0.39 is 5.97 Å². The Balaban J connectivity index is 1.67. The van der Waals surface area contributed by atoms with Crippen molar-refractivity contribution in [3.8, 4) is 0 Å². The van der Waals surface area contributed by atoms with Crippen molar-refractivity contribution in [1.82, 2.24) is 0 Å². The number of halogens is 2. The van der Waals surface area contributed by atoms with Crippen molar-refractivity contribution in [1.29, 1.82) is 0 Å². The molecule has 2 fully saturated rings. The molecular formula is C21H19ClFNO2. The quantitative estimate of drug-likeness (QED) is 0.735. The minimum absolute atomic E-state index is 0.174. The largest absolute Gasteiger partial charge is 0.478 e. The van der Waals surface area contributed by atoms with Crippen LogP contribution in [-0.2, 0) is 0 Å². The van der Waals surface area contributed by atoms with Crippen LogP contribution in [0.3, 0.4) is 0 Å². The van der Waals surface area contributed by atoms with Gasteiger partial charge in [0.15, 0.2) is 0 Å². The summed E-state index contributed by atoms with van der Waals surface area (Å²) in [6.45, 7) is 0. The summed E-state index contributed by atoms with van der Waals surface area (Å²) >= 11 is 6.39. The number of rotatable bonds is 2. The van der Waals surface area contributed by atoms with Crippen molar-refractivity contribution in [2.24, 2.45) is 17.8 Å². The molecule has 2 aliphatic carbocycles. The molecule has 26 heavy (non-hydrogen) atoms. The van der Waals surface area contributed by atoms with E-state index in [4.69, 9.17) is 11.6 Å². The number of hydrogen-bond donors (Lipinski definition) is 2. The van der Waals surface area contributed by atoms with E-state index in [0.717, 1.165) is 24.1 Å². The molecule has 0 spiro atoms. The first kappa shape index (κ1) is 16.1. The maximum atomic E-state index is 14.7. The third-order valence-electron chi connectivity index (χ3n) is 6.64. The summed E-state index contributed by atoms with van der Waals surface area (Å²) in [7, 11) is 0. The normalized spacial score (nSPS) is 31.2. The zero-order chi connectivity index (χ0) is 18.0. The van der Waals surface area contributed by atoms with E-state index in [1.165, 1.54) is 12.5 Å². The van der Waals surface area contributed by atoms with Crippen LogP contribution in [0.5, 0.6) is 0 Å². The summed E-state index contributed by atoms with van der Waals surface area (Å²) in [4.78, 5) is 11.4. The van der Waals surface area contributed by atoms with Gasteiger partial charge in [0.05, 0.1) is 11.6 Å². The van der Waals surface area contributed by atoms with Crippen LogP contribution in [-0.4, -0.2) is 11.1 Å². The number of carboxylic acids is 1. The third-order valence-corrected chi connectivity index (χ3v) is 6.97. The second kappa shape index (κ2) is 5.71. The van der Waals surface area contributed by atoms with Gasteiger partial charge in [0, 0.05) is 16.3 Å². The molecule has 5 atom stereocenters. The number of hydrogen-bond acceptors (Lipinski definition) is 2. The fourth-order valence-corrected chi connectivity index (χ4v) is 6.00. The highest BCUT2D eigenvalue weighted by atomic mass is 35.5. The van der Waals surface area contributed by atoms with Gasteiger partial charge in [-0.25, -0.2) is 9.18 Å². The minimum Gasteiger partial charge on any atom is -0.478 e. The van der Waals surface area contributed by atoms with E-state index in [1.807, 2.05) is 12.1 Å². The fraction of sp³-hybridized carbons (Fsp3) is 0.381. The molecule has 134 valence electrons. The Morgan fingerprint density at radius 3 is 2.77 bits per heavy atom. The lowest BCUT2D eigenvalue weighted by molar-refractivity contribution is 0.0696. The molecule has 5 heteroatoms. The van der Waals surface area contributed by atoms with Crippen LogP contribution < -0.4 is 5.32 Å². The zero-order valence-corrected chi connectivity index (χ0v) is 14.8. The van der Waals surface area contributed by atoms with Crippen LogP contribution in [0.25, 0.3) is 0 Å². The average Bonchev–Trinajstić information content (AvgIpc) is 3.23. The summed E-state index contributed by atoms with van der Waals surface area (Å²) in [6, 6.07) is 9.91. The van der Waals surface area contributed by atoms with Crippen LogP contribution in [0, 0.1) is 23.6 Å². The molecule has 2 saturated carbocycles. The van der Waals surface area contributed by atoms with Crippen LogP contribution in [0.1, 0.15) is 52.7 Å². The third kappa shape index (κ3) is 2.21. The van der Waals surface area contributed by atoms with Gasteiger partial charge in [-0.2, -0.15) is 0 Å². The van der Waals surface area contributed by atoms with Gasteiger partial charge < -0.3 is 10.4 Å². The first-order valence-corrected chi connectivity index (χ1v) is 9.50. The maximum absolute atomic E-state index is 14.7. The average molecular weight is 372 g/mol. The second-order valence-electron chi connectivity index (χ2n) is 7.80. The van der Waals surface area contributed by atoms with E-state index in [9.17, 15) is 14.3 Å². The van der Waals surface area contributed by atoms with Crippen LogP contribution >= 0.6 is 11.6 Å². The van der Waals surface area contributed by atoms with Gasteiger partial charge in [-0.05, 0) is 78.8 Å². The molecule has 2 N–H and O–H groups in total. The van der Waals surface area contributed by atoms with Crippen molar-refractivity contribution in [3.63, 3.8) is 0 Å². The highest BCUT2D eigenvalue weighted by Gasteiger charge is 2.54. The standard InChI is InChI=1S/C21H19ClFNO2/c22-14-2-1-3-15(23)19(14)20-18-11-5-4-10(8-11)17(18)13-9-12(21(25)26)6-7-16(13)24-20/h1-3,6-7,9-11,17-18,20,24H,4-5,8H2,(H,25,26). The lowest BCUT2D eigenvalue weighted by Gasteiger charge is -2.43. The molecule has 1 aliphatic heterocycles. The van der Waals surface area contributed by atoms with Gasteiger partial charge >= 0.3 is 5.97 Å². The molecule has 0 saturated heterocycles. The molecular weight excluding hydrogens is 353 g/mol. The fourth-order valence-electron chi connectivity index (χ4n) is 5.72. The van der Waals surface area contributed by atoms with Gasteiger partial charge in [-0.1, -0.05) is 17.7 Å². The molecule has 2 aromatic carbocycles. The summed E-state index contributed by atoms with van der Waals surface area (Å²) in [6.07, 6.45) is 3.46. The summed E-state index contributed by atoms with van der Waals surface area (Å²) in [5, 5.41) is 13.3. The van der Waals surface area contributed by atoms with Gasteiger partial charge in [0.25, 0.3) is 0 Å². The molecule has 3 nitrogen and oxygen atoms in total. The number of carbonyl (C=O) groups is 1. The topological polar surface area (TPSA) is 49.3 Å². The lowest BCUT2D eigenvalue weighted by atomic mass is 9.68. The van der Waals surface area contributed by atoms with Crippen molar-refractivity contribution in [2.45, 2.75) is 31.2 Å². The van der Waals surface area contributed by atoms with E-state index in [0.29, 0.717) is 28.0 Å². The molecule has 2 aromatic rings. The lowest BCUT2D eigenvalue weighted by Crippen LogP contribution is -2.36. The van der Waals surface area contributed by atoms with Crippen molar-refractivity contribution < 1.29 is 14.3 Å². The Morgan fingerprint density at radius 1 is 1.19 bits per heavy atom. The van der Waals surface area contributed by atoms with E-state index in [2.05, 4.69) is 5.32 Å². The minimum atomic E-state index is -0.910. The monoisotopic (exact) mass is 371 g/mol. The summed E-state index contributed by atoms with van der Waals surface area (Å²) < 4.78 is 14.7. The van der Waals surface area contributed by atoms with Crippen LogP contribution in [0.15, 0.2) is 36.4 Å². The maximum Gasteiger partial charge on any atom is 0.335 e. The number of nitrogens with one attached hydrogen (secondary N) is 1. The Bertz CT molecular complexity index is 895. The number of carboxylic acid groups (broad SMARTS) is 1. The number of fused-ring (bicyclic) bond motifs is 7. The molecule has 3 aliphatic rings. The first-order chi connectivity index (χ1) is 12.5. The molecule has 0 aromatic heterocycles. The van der Waals surface area contributed by atoms with Gasteiger partial charge in [-0.3, -0.25) is 0 Å². The molecule has 5 unspecified atom stereocenters. The van der Waals surface area contributed by atoms with E-state index in [-0.39, 0.29) is 23.7 Å². The summed E-state index contributed by atoms with van der Waals surface area (Å²) in [5.74, 6) is 0.404. The molecule has 5 rings (SSSR count). The van der Waals surface area contributed by atoms with Gasteiger partial charge in [-0.15, -0.1) is 0 Å². The second-order valence-corrected chi connectivity index (χ2v) is 8.21. The zero-order valence-electron chi connectivity index (χ0n) is 14.1. The Hall–Kier alpha value is -2.07. The van der Waals surface area contributed by atoms with E-state index in [1.54, 1.807) is 18.2 Å². The predicted molar refractivity (Wildman–Crippen MR) is 98.2 cm³/mol. The van der Waals surface area contributed by atoms with E-state index >= 15 is 0 Å². The number of anilines is 1. The molecule has 0 radical (unpaired) electrons. The Morgan fingerprint density at radius 2 is 2.00 bits per heavy atom. The Kier molecular flexibility index (Phi) is 3.54. The van der Waals surface area contributed by atoms with Crippen LogP contribution in [0.4, 0.5) is 10.1 Å². The first-order valence-electron chi connectivity index (χ1n) is 9.12. The molecule has 1 heterocycles. The summed E-state index contributed by atoms with van der Waals surface area (Å²) in [5.41, 5.74) is 2.85. The highest BCUT2D eigenvalue weighted by Crippen LogP contribution is 2.64. The molecule has 2 bridgehead atoms. The SMILES string of the molecule is O=C(O)c1ccc2c(c1)C1C3CCC(C3)C1C(c1c(F)cccc1Cl)N2.